The van der Waals surface area contributed by atoms with Gasteiger partial charge in [0, 0.05) is 31.5 Å². The van der Waals surface area contributed by atoms with Crippen molar-refractivity contribution in [3.05, 3.63) is 47.2 Å². The van der Waals surface area contributed by atoms with Gasteiger partial charge in [-0.3, -0.25) is 0 Å². The second kappa shape index (κ2) is 6.36. The predicted molar refractivity (Wildman–Crippen MR) is 102 cm³/mol. The number of imidazole rings is 1. The molecule has 0 radical (unpaired) electrons. The lowest BCUT2D eigenvalue weighted by Crippen LogP contribution is -2.16. The molecular weight excluding hydrogens is 324 g/mol. The van der Waals surface area contributed by atoms with E-state index in [9.17, 15) is 0 Å². The van der Waals surface area contributed by atoms with E-state index in [2.05, 4.69) is 40.4 Å². The topological polar surface area (TPSA) is 67.7 Å². The van der Waals surface area contributed by atoms with E-state index in [1.165, 1.54) is 24.1 Å². The molecule has 1 aliphatic carbocycles. The molecule has 0 bridgehead atoms. The van der Waals surface area contributed by atoms with E-state index in [0.29, 0.717) is 12.5 Å². The number of fused-ring (bicyclic) bond motifs is 2. The normalized spacial score (nSPS) is 17.1. The van der Waals surface area contributed by atoms with Gasteiger partial charge in [0.15, 0.2) is 0 Å². The molecule has 26 heavy (non-hydrogen) atoms. The molecule has 1 saturated carbocycles. The first-order valence-electron chi connectivity index (χ1n) is 9.54. The fraction of sp³-hybridized carbons (Fsp3) is 0.450. The third-order valence-corrected chi connectivity index (χ3v) is 5.44. The third-order valence-electron chi connectivity index (χ3n) is 5.44. The second-order valence-electron chi connectivity index (χ2n) is 7.31. The van der Waals surface area contributed by atoms with Crippen molar-refractivity contribution < 1.29 is 0 Å². The van der Waals surface area contributed by atoms with Crippen molar-refractivity contribution in [2.45, 2.75) is 38.1 Å². The summed E-state index contributed by atoms with van der Waals surface area (Å²) in [6.45, 7) is 2.66. The number of para-hydroxylation sites is 2. The minimum Gasteiger partial charge on any atom is -0.362 e. The Morgan fingerprint density at radius 3 is 2.81 bits per heavy atom. The maximum atomic E-state index is 4.90. The minimum atomic E-state index is 0.563. The number of nitrogens with zero attached hydrogens (tertiary/aromatic N) is 4. The number of benzene rings is 1. The molecule has 0 atom stereocenters. The molecule has 2 N–H and O–H groups in total. The lowest BCUT2D eigenvalue weighted by Gasteiger charge is -2.14. The van der Waals surface area contributed by atoms with Gasteiger partial charge in [-0.2, -0.15) is 0 Å². The van der Waals surface area contributed by atoms with Crippen LogP contribution in [0.1, 0.15) is 41.7 Å². The van der Waals surface area contributed by atoms with Crippen LogP contribution in [0.2, 0.25) is 0 Å². The quantitative estimate of drug-likeness (QED) is 0.758. The molecule has 134 valence electrons. The van der Waals surface area contributed by atoms with Crippen molar-refractivity contribution >= 4 is 16.9 Å². The van der Waals surface area contributed by atoms with E-state index < -0.39 is 0 Å². The molecule has 3 aromatic rings. The molecule has 5 rings (SSSR count). The molecule has 1 fully saturated rings. The Morgan fingerprint density at radius 1 is 1.12 bits per heavy atom. The van der Waals surface area contributed by atoms with E-state index in [0.717, 1.165) is 54.4 Å². The molecule has 3 heterocycles. The van der Waals surface area contributed by atoms with Crippen LogP contribution >= 0.6 is 0 Å². The summed E-state index contributed by atoms with van der Waals surface area (Å²) in [6.07, 6.45) is 4.41. The Kier molecular flexibility index (Phi) is 3.85. The highest BCUT2D eigenvalue weighted by atomic mass is 15.1. The highest BCUT2D eigenvalue weighted by Gasteiger charge is 2.29. The van der Waals surface area contributed by atoms with Crippen LogP contribution in [0.5, 0.6) is 0 Å². The largest absolute Gasteiger partial charge is 0.362 e. The van der Waals surface area contributed by atoms with Gasteiger partial charge in [0.25, 0.3) is 0 Å². The summed E-state index contributed by atoms with van der Waals surface area (Å²) in [5.74, 6) is 3.62. The van der Waals surface area contributed by atoms with Gasteiger partial charge in [-0.05, 0) is 37.9 Å². The lowest BCUT2D eigenvalue weighted by atomic mass is 10.1. The number of hydrogen-bond donors (Lipinski definition) is 2. The molecule has 0 saturated heterocycles. The van der Waals surface area contributed by atoms with Gasteiger partial charge in [-0.25, -0.2) is 15.0 Å². The van der Waals surface area contributed by atoms with Crippen LogP contribution in [0.25, 0.3) is 11.0 Å². The van der Waals surface area contributed by atoms with Gasteiger partial charge in [-0.15, -0.1) is 0 Å². The lowest BCUT2D eigenvalue weighted by molar-refractivity contribution is 0.707. The molecule has 0 unspecified atom stereocenters. The molecule has 1 aliphatic heterocycles. The summed E-state index contributed by atoms with van der Waals surface area (Å²) in [6, 6.07) is 8.26. The number of rotatable bonds is 4. The Morgan fingerprint density at radius 2 is 1.96 bits per heavy atom. The number of aryl methyl sites for hydroxylation is 1. The second-order valence-corrected chi connectivity index (χ2v) is 7.31. The van der Waals surface area contributed by atoms with Crippen LogP contribution in [0, 0.1) is 0 Å². The Balaban J connectivity index is 1.47. The Bertz CT molecular complexity index is 956. The summed E-state index contributed by atoms with van der Waals surface area (Å²) in [4.78, 5) is 14.6. The summed E-state index contributed by atoms with van der Waals surface area (Å²) in [5.41, 5.74) is 4.70. The van der Waals surface area contributed by atoms with E-state index in [1.807, 2.05) is 6.07 Å². The van der Waals surface area contributed by atoms with Crippen LogP contribution in [-0.2, 0) is 26.4 Å². The van der Waals surface area contributed by atoms with Crippen LogP contribution in [-0.4, -0.2) is 32.6 Å². The zero-order chi connectivity index (χ0) is 17.5. The molecule has 0 spiro atoms. The van der Waals surface area contributed by atoms with E-state index in [-0.39, 0.29) is 0 Å². The van der Waals surface area contributed by atoms with Gasteiger partial charge in [-0.1, -0.05) is 12.1 Å². The number of anilines is 1. The van der Waals surface area contributed by atoms with Crippen LogP contribution < -0.4 is 10.6 Å². The number of aromatic nitrogens is 4. The van der Waals surface area contributed by atoms with E-state index >= 15 is 0 Å². The Labute approximate surface area is 153 Å². The van der Waals surface area contributed by atoms with Crippen molar-refractivity contribution in [1.29, 1.82) is 0 Å². The fourth-order valence-electron chi connectivity index (χ4n) is 3.75. The monoisotopic (exact) mass is 348 g/mol. The molecule has 6 nitrogen and oxygen atoms in total. The number of hydrogen-bond acceptors (Lipinski definition) is 5. The van der Waals surface area contributed by atoms with Gasteiger partial charge in [0.05, 0.1) is 23.3 Å². The standard InChI is InChI=1S/C20H24N6/c1-26-17-5-3-2-4-16(17)23-18(26)12-22-20-14-8-10-21-11-9-15(14)24-19(25-20)13-6-7-13/h2-5,13,21H,6-12H2,1H3,(H,22,24,25). The molecule has 2 aromatic heterocycles. The zero-order valence-electron chi connectivity index (χ0n) is 15.1. The van der Waals surface area contributed by atoms with E-state index in [1.54, 1.807) is 0 Å². The predicted octanol–water partition coefficient (Wildman–Crippen LogP) is 2.54. The third kappa shape index (κ3) is 2.84. The van der Waals surface area contributed by atoms with Crippen LogP contribution in [0.15, 0.2) is 24.3 Å². The van der Waals surface area contributed by atoms with Crippen molar-refractivity contribution in [2.75, 3.05) is 18.4 Å². The highest BCUT2D eigenvalue weighted by Crippen LogP contribution is 2.39. The molecule has 1 aromatic carbocycles. The van der Waals surface area contributed by atoms with Gasteiger partial charge in [0.2, 0.25) is 0 Å². The molecule has 2 aliphatic rings. The van der Waals surface area contributed by atoms with Crippen molar-refractivity contribution in [1.82, 2.24) is 24.8 Å². The summed E-state index contributed by atoms with van der Waals surface area (Å²) < 4.78 is 2.16. The minimum absolute atomic E-state index is 0.563. The average molecular weight is 348 g/mol. The van der Waals surface area contributed by atoms with Crippen molar-refractivity contribution in [2.24, 2.45) is 7.05 Å². The molecule has 0 amide bonds. The van der Waals surface area contributed by atoms with Gasteiger partial charge in [0.1, 0.15) is 17.5 Å². The smallest absolute Gasteiger partial charge is 0.134 e. The summed E-state index contributed by atoms with van der Waals surface area (Å²) in [7, 11) is 2.08. The summed E-state index contributed by atoms with van der Waals surface area (Å²) >= 11 is 0. The summed E-state index contributed by atoms with van der Waals surface area (Å²) in [5, 5.41) is 7.05. The zero-order valence-corrected chi connectivity index (χ0v) is 15.1. The maximum Gasteiger partial charge on any atom is 0.134 e. The van der Waals surface area contributed by atoms with Crippen molar-refractivity contribution in [3.8, 4) is 0 Å². The van der Waals surface area contributed by atoms with Gasteiger partial charge >= 0.3 is 0 Å². The first kappa shape index (κ1) is 15.8. The first-order valence-corrected chi connectivity index (χ1v) is 9.54. The fourth-order valence-corrected chi connectivity index (χ4v) is 3.75. The van der Waals surface area contributed by atoms with E-state index in [4.69, 9.17) is 15.0 Å². The highest BCUT2D eigenvalue weighted by molar-refractivity contribution is 5.75. The molecular formula is C20H24N6. The Hall–Kier alpha value is -2.47. The van der Waals surface area contributed by atoms with Gasteiger partial charge < -0.3 is 15.2 Å². The maximum absolute atomic E-state index is 4.90. The van der Waals surface area contributed by atoms with Crippen LogP contribution in [0.4, 0.5) is 5.82 Å². The van der Waals surface area contributed by atoms with Crippen LogP contribution in [0.3, 0.4) is 0 Å². The first-order chi connectivity index (χ1) is 12.8. The van der Waals surface area contributed by atoms with Crippen molar-refractivity contribution in [3.63, 3.8) is 0 Å². The molecule has 6 heteroatoms. The average Bonchev–Trinajstić information content (AvgIpc) is 3.48. The number of nitrogens with one attached hydrogen (secondary N) is 2. The SMILES string of the molecule is Cn1c(CNc2nc(C3CC3)nc3c2CCNCC3)nc2ccccc21.